The molecule has 5 nitrogen and oxygen atoms in total. The molecule has 1 aliphatic rings. The summed E-state index contributed by atoms with van der Waals surface area (Å²) in [6, 6.07) is 6.37. The topological polar surface area (TPSA) is 56.2 Å². The van der Waals surface area contributed by atoms with Gasteiger partial charge in [-0.3, -0.25) is 9.48 Å². The third kappa shape index (κ3) is 4.24. The van der Waals surface area contributed by atoms with Crippen LogP contribution in [0, 0.1) is 5.92 Å². The maximum atomic E-state index is 12.7. The van der Waals surface area contributed by atoms with E-state index in [9.17, 15) is 18.0 Å². The number of aromatic nitrogens is 2. The van der Waals surface area contributed by atoms with Crippen molar-refractivity contribution >= 4 is 5.91 Å². The molecule has 26 heavy (non-hydrogen) atoms. The van der Waals surface area contributed by atoms with E-state index < -0.39 is 11.7 Å². The van der Waals surface area contributed by atoms with E-state index in [1.807, 2.05) is 0 Å². The van der Waals surface area contributed by atoms with Crippen LogP contribution in [0.15, 0.2) is 30.3 Å². The summed E-state index contributed by atoms with van der Waals surface area (Å²) in [6.45, 7) is 1.92. The normalized spacial score (nSPS) is 17.9. The molecule has 1 aromatic carbocycles. The highest BCUT2D eigenvalue weighted by Crippen LogP contribution is 2.31. The van der Waals surface area contributed by atoms with Crippen LogP contribution in [0.5, 0.6) is 0 Å². The number of hydrogen-bond donors (Lipinski definition) is 1. The third-order valence-electron chi connectivity index (χ3n) is 4.43. The van der Waals surface area contributed by atoms with Crippen molar-refractivity contribution in [2.45, 2.75) is 19.0 Å². The number of carbonyl (C=O) groups is 1. The van der Waals surface area contributed by atoms with Crippen LogP contribution in [-0.2, 0) is 18.0 Å². The van der Waals surface area contributed by atoms with Gasteiger partial charge in [0, 0.05) is 20.2 Å². The van der Waals surface area contributed by atoms with E-state index in [0.29, 0.717) is 30.3 Å². The number of carbonyl (C=O) groups excluding carboxylic acids is 1. The molecule has 1 fully saturated rings. The number of aryl methyl sites for hydroxylation is 1. The molecule has 0 spiro atoms. The first kappa shape index (κ1) is 18.4. The molecular weight excluding hydrogens is 347 g/mol. The van der Waals surface area contributed by atoms with Crippen molar-refractivity contribution in [3.8, 4) is 11.3 Å². The SMILES string of the molecule is Cn1nc(C(=O)NCC2CCCOC2)cc1-c1ccc(C(F)(F)F)cc1. The Kier molecular flexibility index (Phi) is 5.31. The summed E-state index contributed by atoms with van der Waals surface area (Å²) in [4.78, 5) is 12.3. The van der Waals surface area contributed by atoms with Gasteiger partial charge in [0.05, 0.1) is 17.9 Å². The van der Waals surface area contributed by atoms with Crippen molar-refractivity contribution in [2.24, 2.45) is 13.0 Å². The minimum Gasteiger partial charge on any atom is -0.381 e. The zero-order valence-corrected chi connectivity index (χ0v) is 14.3. The van der Waals surface area contributed by atoms with Gasteiger partial charge in [0.15, 0.2) is 5.69 Å². The van der Waals surface area contributed by atoms with Gasteiger partial charge in [-0.25, -0.2) is 0 Å². The van der Waals surface area contributed by atoms with Crippen molar-refractivity contribution in [1.82, 2.24) is 15.1 Å². The molecule has 1 unspecified atom stereocenters. The van der Waals surface area contributed by atoms with Crippen LogP contribution in [0.3, 0.4) is 0 Å². The highest BCUT2D eigenvalue weighted by Gasteiger charge is 2.30. The van der Waals surface area contributed by atoms with Crippen LogP contribution in [0.1, 0.15) is 28.9 Å². The Bertz CT molecular complexity index is 763. The second-order valence-corrected chi connectivity index (χ2v) is 6.41. The highest BCUT2D eigenvalue weighted by atomic mass is 19.4. The van der Waals surface area contributed by atoms with E-state index in [2.05, 4.69) is 10.4 Å². The summed E-state index contributed by atoms with van der Waals surface area (Å²) in [5.74, 6) is -0.00451. The van der Waals surface area contributed by atoms with Gasteiger partial charge in [-0.05, 0) is 42.5 Å². The van der Waals surface area contributed by atoms with Crippen LogP contribution in [0.4, 0.5) is 13.2 Å². The molecule has 3 rings (SSSR count). The minimum absolute atomic E-state index is 0.235. The van der Waals surface area contributed by atoms with Crippen LogP contribution >= 0.6 is 0 Å². The quantitative estimate of drug-likeness (QED) is 0.903. The predicted octanol–water partition coefficient (Wildman–Crippen LogP) is 3.26. The summed E-state index contributed by atoms with van der Waals surface area (Å²) in [7, 11) is 1.65. The van der Waals surface area contributed by atoms with E-state index >= 15 is 0 Å². The van der Waals surface area contributed by atoms with Crippen molar-refractivity contribution < 1.29 is 22.7 Å². The molecule has 0 radical (unpaired) electrons. The molecule has 0 saturated carbocycles. The first-order valence-electron chi connectivity index (χ1n) is 8.42. The molecule has 1 aliphatic heterocycles. The van der Waals surface area contributed by atoms with E-state index in [-0.39, 0.29) is 11.6 Å². The Morgan fingerprint density at radius 3 is 2.69 bits per heavy atom. The zero-order valence-electron chi connectivity index (χ0n) is 14.3. The fourth-order valence-corrected chi connectivity index (χ4v) is 2.97. The number of ether oxygens (including phenoxy) is 1. The Balaban J connectivity index is 1.69. The lowest BCUT2D eigenvalue weighted by molar-refractivity contribution is -0.137. The van der Waals surface area contributed by atoms with Crippen LogP contribution in [0.2, 0.25) is 0 Å². The average molecular weight is 367 g/mol. The largest absolute Gasteiger partial charge is 0.416 e. The predicted molar refractivity (Wildman–Crippen MR) is 89.5 cm³/mol. The fraction of sp³-hybridized carbons (Fsp3) is 0.444. The second-order valence-electron chi connectivity index (χ2n) is 6.41. The average Bonchev–Trinajstić information content (AvgIpc) is 3.02. The lowest BCUT2D eigenvalue weighted by atomic mass is 10.0. The summed E-state index contributed by atoms with van der Waals surface area (Å²) < 4.78 is 44.9. The summed E-state index contributed by atoms with van der Waals surface area (Å²) in [5, 5.41) is 7.02. The van der Waals surface area contributed by atoms with Crippen LogP contribution in [-0.4, -0.2) is 35.4 Å². The molecule has 1 aromatic heterocycles. The molecule has 1 amide bonds. The van der Waals surface area contributed by atoms with Gasteiger partial charge < -0.3 is 10.1 Å². The Morgan fingerprint density at radius 2 is 2.08 bits per heavy atom. The standard InChI is InChI=1S/C18H20F3N3O2/c1-24-16(13-4-6-14(7-5-13)18(19,20)21)9-15(23-24)17(25)22-10-12-3-2-8-26-11-12/h4-7,9,12H,2-3,8,10-11H2,1H3,(H,22,25). The van der Waals surface area contributed by atoms with Gasteiger partial charge in [-0.15, -0.1) is 0 Å². The molecule has 140 valence electrons. The van der Waals surface area contributed by atoms with Gasteiger partial charge in [-0.1, -0.05) is 12.1 Å². The van der Waals surface area contributed by atoms with Crippen molar-refractivity contribution in [3.63, 3.8) is 0 Å². The number of amides is 1. The monoisotopic (exact) mass is 367 g/mol. The molecular formula is C18H20F3N3O2. The first-order chi connectivity index (χ1) is 12.3. The molecule has 2 aromatic rings. The van der Waals surface area contributed by atoms with Gasteiger partial charge in [0.25, 0.3) is 5.91 Å². The fourth-order valence-electron chi connectivity index (χ4n) is 2.97. The van der Waals surface area contributed by atoms with E-state index in [0.717, 1.165) is 31.6 Å². The van der Waals surface area contributed by atoms with Crippen molar-refractivity contribution in [1.29, 1.82) is 0 Å². The second kappa shape index (κ2) is 7.49. The summed E-state index contributed by atoms with van der Waals surface area (Å²) in [5.41, 5.74) is 0.660. The number of rotatable bonds is 4. The number of benzene rings is 1. The Morgan fingerprint density at radius 1 is 1.35 bits per heavy atom. The van der Waals surface area contributed by atoms with Crippen molar-refractivity contribution in [2.75, 3.05) is 19.8 Å². The maximum absolute atomic E-state index is 12.7. The Hall–Kier alpha value is -2.35. The van der Waals surface area contributed by atoms with Crippen LogP contribution < -0.4 is 5.32 Å². The first-order valence-corrected chi connectivity index (χ1v) is 8.42. The Labute approximate surface area is 149 Å². The minimum atomic E-state index is -4.38. The van der Waals surface area contributed by atoms with Gasteiger partial charge in [0.1, 0.15) is 0 Å². The molecule has 0 aliphatic carbocycles. The van der Waals surface area contributed by atoms with Crippen molar-refractivity contribution in [3.05, 3.63) is 41.6 Å². The number of hydrogen-bond acceptors (Lipinski definition) is 3. The lowest BCUT2D eigenvalue weighted by Gasteiger charge is -2.21. The lowest BCUT2D eigenvalue weighted by Crippen LogP contribution is -2.33. The molecule has 8 heteroatoms. The maximum Gasteiger partial charge on any atom is 0.416 e. The summed E-state index contributed by atoms with van der Waals surface area (Å²) >= 11 is 0. The van der Waals surface area contributed by atoms with Gasteiger partial charge in [-0.2, -0.15) is 18.3 Å². The smallest absolute Gasteiger partial charge is 0.381 e. The molecule has 1 N–H and O–H groups in total. The highest BCUT2D eigenvalue weighted by molar-refractivity contribution is 5.93. The summed E-state index contributed by atoms with van der Waals surface area (Å²) in [6.07, 6.45) is -2.37. The number of alkyl halides is 3. The zero-order chi connectivity index (χ0) is 18.7. The van der Waals surface area contributed by atoms with Crippen LogP contribution in [0.25, 0.3) is 11.3 Å². The number of nitrogens with zero attached hydrogens (tertiary/aromatic N) is 2. The van der Waals surface area contributed by atoms with E-state index in [4.69, 9.17) is 4.74 Å². The molecule has 1 saturated heterocycles. The number of nitrogens with one attached hydrogen (secondary N) is 1. The van der Waals surface area contributed by atoms with Gasteiger partial charge >= 0.3 is 6.18 Å². The molecule has 0 bridgehead atoms. The van der Waals surface area contributed by atoms with E-state index in [1.165, 1.54) is 16.8 Å². The van der Waals surface area contributed by atoms with Gasteiger partial charge in [0.2, 0.25) is 0 Å². The number of halogens is 3. The molecule has 1 atom stereocenters. The van der Waals surface area contributed by atoms with E-state index in [1.54, 1.807) is 13.1 Å². The molecule has 2 heterocycles. The third-order valence-corrected chi connectivity index (χ3v) is 4.43.